The molecule has 0 saturated carbocycles. The van der Waals surface area contributed by atoms with Crippen LogP contribution in [0, 0.1) is 0 Å². The molecule has 0 aliphatic carbocycles. The number of hydrogen-bond acceptors (Lipinski definition) is 0. The zero-order chi connectivity index (χ0) is 7.73. The fraction of sp³-hybridized carbons (Fsp3) is 0.333. The quantitative estimate of drug-likeness (QED) is 0.533. The molecule has 0 radical (unpaired) electrons. The third kappa shape index (κ3) is 0.994. The number of quaternary nitrogens is 1. The van der Waals surface area contributed by atoms with Gasteiger partial charge in [-0.15, -0.1) is 0 Å². The molecule has 0 amide bonds. The Morgan fingerprint density at radius 3 is 2.55 bits per heavy atom. The Morgan fingerprint density at radius 1 is 1.27 bits per heavy atom. The average molecular weight is 149 g/mol. The van der Waals surface area contributed by atoms with E-state index in [9.17, 15) is 0 Å². The maximum atomic E-state index is 2.24. The Morgan fingerprint density at radius 2 is 2.00 bits per heavy atom. The van der Waals surface area contributed by atoms with Gasteiger partial charge in [-0.1, -0.05) is 0 Å². The molecule has 1 aliphatic heterocycles. The molecule has 0 N–H and O–H groups in total. The summed E-state index contributed by atoms with van der Waals surface area (Å²) in [5.74, 6) is 0. The van der Waals surface area contributed by atoms with Crippen LogP contribution in [0.1, 0.15) is 6.42 Å². The van der Waals surface area contributed by atoms with Crippen LogP contribution in [0.4, 0.5) is 0 Å². The molecule has 2 rings (SSSR count). The van der Waals surface area contributed by atoms with Crippen molar-refractivity contribution >= 4 is 0 Å². The van der Waals surface area contributed by atoms with Gasteiger partial charge in [0, 0.05) is 6.42 Å². The van der Waals surface area contributed by atoms with E-state index in [1.807, 2.05) is 0 Å². The van der Waals surface area contributed by atoms with Gasteiger partial charge in [0.25, 0.3) is 0 Å². The van der Waals surface area contributed by atoms with E-state index in [1.165, 1.54) is 13.0 Å². The molecule has 1 unspecified atom stereocenters. The van der Waals surface area contributed by atoms with Crippen LogP contribution in [0.15, 0.2) is 36.8 Å². The van der Waals surface area contributed by atoms with Crippen molar-refractivity contribution in [2.24, 2.45) is 0 Å². The molecule has 58 valence electrons. The molecule has 11 heavy (non-hydrogen) atoms. The van der Waals surface area contributed by atoms with E-state index in [4.69, 9.17) is 0 Å². The molecule has 1 atom stereocenters. The van der Waals surface area contributed by atoms with Crippen LogP contribution in [-0.4, -0.2) is 18.3 Å². The van der Waals surface area contributed by atoms with E-state index in [0.717, 1.165) is 4.59 Å². The molecule has 2 nitrogen and oxygen atoms in total. The van der Waals surface area contributed by atoms with Crippen LogP contribution >= 0.6 is 0 Å². The van der Waals surface area contributed by atoms with Crippen LogP contribution in [0.5, 0.6) is 0 Å². The van der Waals surface area contributed by atoms with Gasteiger partial charge in [0.15, 0.2) is 0 Å². The van der Waals surface area contributed by atoms with Crippen LogP contribution in [0.25, 0.3) is 0 Å². The minimum absolute atomic E-state index is 0.896. The van der Waals surface area contributed by atoms with Gasteiger partial charge in [0.1, 0.15) is 12.7 Å². The van der Waals surface area contributed by atoms with E-state index >= 15 is 0 Å². The monoisotopic (exact) mass is 149 g/mol. The lowest BCUT2D eigenvalue weighted by Crippen LogP contribution is -2.46. The van der Waals surface area contributed by atoms with Gasteiger partial charge >= 0.3 is 0 Å². The average Bonchev–Trinajstić information content (AvgIpc) is 2.55. The predicted octanol–water partition coefficient (Wildman–Crippen LogP) is 1.47. The Labute approximate surface area is 66.9 Å². The van der Waals surface area contributed by atoms with Crippen molar-refractivity contribution in [3.63, 3.8) is 0 Å². The number of rotatable bonds is 1. The lowest BCUT2D eigenvalue weighted by molar-refractivity contribution is 0.263. The summed E-state index contributed by atoms with van der Waals surface area (Å²) in [7, 11) is 2.21. The summed E-state index contributed by atoms with van der Waals surface area (Å²) in [4.78, 5) is 0. The highest BCUT2D eigenvalue weighted by Crippen LogP contribution is 2.11. The molecule has 0 aromatic carbocycles. The Hall–Kier alpha value is -1.02. The largest absolute Gasteiger partial charge is 0.202 e. The van der Waals surface area contributed by atoms with Gasteiger partial charge in [-0.2, -0.15) is 4.59 Å². The van der Waals surface area contributed by atoms with Crippen molar-refractivity contribution in [3.05, 3.63) is 36.8 Å². The van der Waals surface area contributed by atoms with Gasteiger partial charge in [-0.05, 0) is 18.2 Å². The number of hydrogen-bond donors (Lipinski definition) is 0. The second-order valence-corrected chi connectivity index (χ2v) is 3.17. The fourth-order valence-electron chi connectivity index (χ4n) is 1.53. The zero-order valence-corrected chi connectivity index (χ0v) is 6.77. The maximum absolute atomic E-state index is 2.24. The van der Waals surface area contributed by atoms with E-state index < -0.39 is 0 Å². The summed E-state index contributed by atoms with van der Waals surface area (Å²) < 4.78 is 3.11. The van der Waals surface area contributed by atoms with Gasteiger partial charge in [-0.25, -0.2) is 4.68 Å². The van der Waals surface area contributed by atoms with E-state index in [1.54, 1.807) is 0 Å². The first kappa shape index (κ1) is 6.68. The van der Waals surface area contributed by atoms with Gasteiger partial charge in [0.05, 0.1) is 19.4 Å². The van der Waals surface area contributed by atoms with Crippen molar-refractivity contribution < 1.29 is 0 Å². The van der Waals surface area contributed by atoms with Crippen LogP contribution in [0.2, 0.25) is 0 Å². The van der Waals surface area contributed by atoms with Gasteiger partial charge in [-0.3, -0.25) is 0 Å². The lowest BCUT2D eigenvalue weighted by Gasteiger charge is -2.26. The van der Waals surface area contributed by atoms with E-state index in [0.29, 0.717) is 0 Å². The first-order valence-electron chi connectivity index (χ1n) is 3.98. The molecule has 0 bridgehead atoms. The SMILES string of the molecule is C[N+]1(n2cccc2)C=CCC1. The van der Waals surface area contributed by atoms with Crippen molar-refractivity contribution in [1.82, 2.24) is 9.27 Å². The summed E-state index contributed by atoms with van der Waals surface area (Å²) >= 11 is 0. The van der Waals surface area contributed by atoms with E-state index in [2.05, 4.69) is 48.5 Å². The predicted molar refractivity (Wildman–Crippen MR) is 46.5 cm³/mol. The fourth-order valence-corrected chi connectivity index (χ4v) is 1.53. The first-order valence-corrected chi connectivity index (χ1v) is 3.98. The summed E-state index contributed by atoms with van der Waals surface area (Å²) in [6.45, 7) is 1.18. The Balaban J connectivity index is 2.35. The minimum Gasteiger partial charge on any atom is -0.202 e. The Bertz CT molecular complexity index is 261. The summed E-state index contributed by atoms with van der Waals surface area (Å²) in [5, 5.41) is 0. The highest BCUT2D eigenvalue weighted by molar-refractivity contribution is 5.06. The normalized spacial score (nSPS) is 29.5. The molecule has 0 saturated heterocycles. The first-order chi connectivity index (χ1) is 5.31. The van der Waals surface area contributed by atoms with Gasteiger partial charge in [0.2, 0.25) is 0 Å². The van der Waals surface area contributed by atoms with Crippen molar-refractivity contribution in [1.29, 1.82) is 0 Å². The zero-order valence-electron chi connectivity index (χ0n) is 6.77. The summed E-state index contributed by atoms with van der Waals surface area (Å²) in [5.41, 5.74) is 0. The standard InChI is InChI=1S/C9H13N2/c1-11(8-4-5-9-11)10-6-2-3-7-10/h2-4,6-8H,5,9H2,1H3/q+1. The molecule has 2 heterocycles. The number of nitrogens with zero attached hydrogens (tertiary/aromatic N) is 2. The van der Waals surface area contributed by atoms with Crippen molar-refractivity contribution in [3.8, 4) is 0 Å². The van der Waals surface area contributed by atoms with Crippen molar-refractivity contribution in [2.45, 2.75) is 6.42 Å². The molecule has 1 aliphatic rings. The second-order valence-electron chi connectivity index (χ2n) is 3.17. The molecule has 1 aromatic heterocycles. The lowest BCUT2D eigenvalue weighted by atomic mass is 10.5. The highest BCUT2D eigenvalue weighted by atomic mass is 15.7. The summed E-state index contributed by atoms with van der Waals surface area (Å²) in [6, 6.07) is 4.13. The Kier molecular flexibility index (Phi) is 1.36. The second kappa shape index (κ2) is 2.24. The van der Waals surface area contributed by atoms with Crippen LogP contribution in [-0.2, 0) is 0 Å². The van der Waals surface area contributed by atoms with Crippen LogP contribution in [0.3, 0.4) is 0 Å². The topological polar surface area (TPSA) is 4.93 Å². The molecule has 0 fully saturated rings. The third-order valence-corrected chi connectivity index (χ3v) is 2.29. The smallest absolute Gasteiger partial charge is 0.117 e. The molecule has 1 aromatic rings. The van der Waals surface area contributed by atoms with Crippen molar-refractivity contribution in [2.75, 3.05) is 13.6 Å². The van der Waals surface area contributed by atoms with E-state index in [-0.39, 0.29) is 0 Å². The number of aromatic nitrogens is 1. The molecular weight excluding hydrogens is 136 g/mol. The third-order valence-electron chi connectivity index (χ3n) is 2.29. The van der Waals surface area contributed by atoms with Gasteiger partial charge < -0.3 is 0 Å². The highest BCUT2D eigenvalue weighted by Gasteiger charge is 2.23. The maximum Gasteiger partial charge on any atom is 0.117 e. The molecule has 2 heteroatoms. The van der Waals surface area contributed by atoms with Crippen LogP contribution < -0.4 is 4.59 Å². The summed E-state index contributed by atoms with van der Waals surface area (Å²) in [6.07, 6.45) is 9.88. The minimum atomic E-state index is 0.896. The molecule has 0 spiro atoms. The molecular formula is C9H13N2+.